The summed E-state index contributed by atoms with van der Waals surface area (Å²) in [5.41, 5.74) is 2.61. The summed E-state index contributed by atoms with van der Waals surface area (Å²) < 4.78 is 27.7. The molecular formula is C33H40N2O9. The molecule has 0 saturated heterocycles. The molecule has 0 spiro atoms. The van der Waals surface area contributed by atoms with E-state index >= 15 is 0 Å². The second kappa shape index (κ2) is 16.0. The number of carbonyl (C=O) groups is 2. The van der Waals surface area contributed by atoms with Gasteiger partial charge in [-0.15, -0.1) is 0 Å². The molecule has 1 heterocycles. The number of non-ortho nitro benzene ring substituents is 1. The number of esters is 2. The Labute approximate surface area is 257 Å². The van der Waals surface area contributed by atoms with Gasteiger partial charge in [-0.05, 0) is 56.4 Å². The van der Waals surface area contributed by atoms with Crippen LogP contribution in [0.1, 0.15) is 63.0 Å². The van der Waals surface area contributed by atoms with Crippen LogP contribution in [-0.4, -0.2) is 56.7 Å². The van der Waals surface area contributed by atoms with Crippen molar-refractivity contribution in [2.24, 2.45) is 0 Å². The molecule has 1 aliphatic heterocycles. The minimum Gasteiger partial charge on any atom is -0.490 e. The molecule has 1 aliphatic carbocycles. The number of dihydropyridines is 1. The number of rotatable bonds is 14. The summed E-state index contributed by atoms with van der Waals surface area (Å²) in [6.07, 6.45) is 7.07. The lowest BCUT2D eigenvalue weighted by molar-refractivity contribution is -0.384. The van der Waals surface area contributed by atoms with Gasteiger partial charge in [-0.2, -0.15) is 0 Å². The van der Waals surface area contributed by atoms with Crippen molar-refractivity contribution in [3.63, 3.8) is 0 Å². The number of methoxy groups -OCH3 is 1. The zero-order chi connectivity index (χ0) is 31.5. The van der Waals surface area contributed by atoms with Gasteiger partial charge >= 0.3 is 11.9 Å². The molecule has 11 heteroatoms. The fourth-order valence-corrected chi connectivity index (χ4v) is 5.55. The molecule has 2 aromatic rings. The Morgan fingerprint density at radius 2 is 1.64 bits per heavy atom. The van der Waals surface area contributed by atoms with E-state index in [1.54, 1.807) is 19.9 Å². The van der Waals surface area contributed by atoms with Crippen LogP contribution in [0.4, 0.5) is 5.69 Å². The van der Waals surface area contributed by atoms with E-state index in [-0.39, 0.29) is 30.0 Å². The normalized spacial score (nSPS) is 17.2. The Morgan fingerprint density at radius 1 is 0.932 bits per heavy atom. The zero-order valence-corrected chi connectivity index (χ0v) is 25.5. The molecule has 0 aromatic heterocycles. The smallest absolute Gasteiger partial charge is 0.336 e. The molecule has 0 radical (unpaired) electrons. The van der Waals surface area contributed by atoms with Crippen molar-refractivity contribution in [3.8, 4) is 5.75 Å². The van der Waals surface area contributed by atoms with Crippen molar-refractivity contribution in [2.75, 3.05) is 33.7 Å². The van der Waals surface area contributed by atoms with Crippen molar-refractivity contribution in [1.29, 1.82) is 0 Å². The number of benzene rings is 2. The van der Waals surface area contributed by atoms with Crippen LogP contribution >= 0.6 is 0 Å². The first kappa shape index (κ1) is 32.7. The summed E-state index contributed by atoms with van der Waals surface area (Å²) in [6.45, 7) is 4.31. The van der Waals surface area contributed by atoms with Gasteiger partial charge in [0.05, 0.1) is 41.8 Å². The number of nitro groups is 1. The van der Waals surface area contributed by atoms with Gasteiger partial charge in [-0.1, -0.05) is 43.5 Å². The van der Waals surface area contributed by atoms with E-state index in [2.05, 4.69) is 5.32 Å². The van der Waals surface area contributed by atoms with Gasteiger partial charge in [0.2, 0.25) is 0 Å². The maximum Gasteiger partial charge on any atom is 0.336 e. The van der Waals surface area contributed by atoms with Crippen LogP contribution in [0.5, 0.6) is 5.75 Å². The molecule has 44 heavy (non-hydrogen) atoms. The quantitative estimate of drug-likeness (QED) is 0.0964. The molecule has 1 unspecified atom stereocenters. The summed E-state index contributed by atoms with van der Waals surface area (Å²) in [6, 6.07) is 13.4. The molecule has 1 atom stereocenters. The van der Waals surface area contributed by atoms with Crippen LogP contribution in [-0.2, 0) is 35.0 Å². The molecule has 0 bridgehead atoms. The van der Waals surface area contributed by atoms with Crippen LogP contribution in [0, 0.1) is 10.1 Å². The monoisotopic (exact) mass is 608 g/mol. The van der Waals surface area contributed by atoms with Gasteiger partial charge in [0.15, 0.2) is 0 Å². The van der Waals surface area contributed by atoms with Crippen LogP contribution in [0.15, 0.2) is 71.1 Å². The number of nitrogens with zero attached hydrogens (tertiary/aromatic N) is 1. The largest absolute Gasteiger partial charge is 0.490 e. The minimum absolute atomic E-state index is 0.0515. The van der Waals surface area contributed by atoms with Crippen molar-refractivity contribution >= 4 is 17.6 Å². The van der Waals surface area contributed by atoms with Gasteiger partial charge in [0.1, 0.15) is 25.8 Å². The van der Waals surface area contributed by atoms with Crippen molar-refractivity contribution < 1.29 is 38.2 Å². The van der Waals surface area contributed by atoms with Crippen molar-refractivity contribution in [2.45, 2.75) is 64.4 Å². The van der Waals surface area contributed by atoms with E-state index in [1.807, 2.05) is 24.3 Å². The average Bonchev–Trinajstić information content (AvgIpc) is 3.03. The topological polar surface area (TPSA) is 135 Å². The molecule has 236 valence electrons. The summed E-state index contributed by atoms with van der Waals surface area (Å²) >= 11 is 0. The molecule has 2 aromatic carbocycles. The number of hydrogen-bond donors (Lipinski definition) is 1. The molecule has 2 aliphatic rings. The molecule has 1 fully saturated rings. The number of nitrogens with one attached hydrogen (secondary N) is 1. The van der Waals surface area contributed by atoms with E-state index in [9.17, 15) is 19.7 Å². The Hall–Kier alpha value is -4.22. The number of hydrogen-bond acceptors (Lipinski definition) is 10. The lowest BCUT2D eigenvalue weighted by atomic mass is 9.80. The fourth-order valence-electron chi connectivity index (χ4n) is 5.55. The van der Waals surface area contributed by atoms with Crippen molar-refractivity contribution in [1.82, 2.24) is 5.32 Å². The lowest BCUT2D eigenvalue weighted by Gasteiger charge is -2.30. The molecule has 4 rings (SSSR count). The second-order valence-corrected chi connectivity index (χ2v) is 10.8. The Bertz CT molecular complexity index is 1380. The molecule has 1 N–H and O–H groups in total. The second-order valence-electron chi connectivity index (χ2n) is 10.8. The third-order valence-corrected chi connectivity index (χ3v) is 7.78. The SMILES string of the molecule is COC(=O)C1=C(C)NC(C)=C(C(=O)OCCOc2ccc(CCOCOC3CCCCC3)cc2)C1c1cccc([N+](=O)[O-])c1. The molecule has 11 nitrogen and oxygen atoms in total. The van der Waals surface area contributed by atoms with Gasteiger partial charge < -0.3 is 29.0 Å². The maximum atomic E-state index is 13.4. The Morgan fingerprint density at radius 3 is 2.32 bits per heavy atom. The first-order valence-corrected chi connectivity index (χ1v) is 14.9. The predicted octanol–water partition coefficient (Wildman–Crippen LogP) is 5.49. The first-order valence-electron chi connectivity index (χ1n) is 14.9. The highest BCUT2D eigenvalue weighted by molar-refractivity contribution is 5.99. The molecule has 1 saturated carbocycles. The van der Waals surface area contributed by atoms with E-state index in [4.69, 9.17) is 23.7 Å². The maximum absolute atomic E-state index is 13.4. The fraction of sp³-hybridized carbons (Fsp3) is 0.455. The average molecular weight is 609 g/mol. The van der Waals surface area contributed by atoms with Crippen LogP contribution in [0.2, 0.25) is 0 Å². The van der Waals surface area contributed by atoms with Gasteiger partial charge in [-0.25, -0.2) is 9.59 Å². The minimum atomic E-state index is -0.924. The summed E-state index contributed by atoms with van der Waals surface area (Å²) in [5.74, 6) is -1.63. The van der Waals surface area contributed by atoms with Gasteiger partial charge in [0, 0.05) is 23.5 Å². The first-order chi connectivity index (χ1) is 21.3. The summed E-state index contributed by atoms with van der Waals surface area (Å²) in [4.78, 5) is 37.1. The molecular weight excluding hydrogens is 568 g/mol. The highest BCUT2D eigenvalue weighted by Crippen LogP contribution is 2.40. The number of carbonyl (C=O) groups excluding carboxylic acids is 2. The van der Waals surface area contributed by atoms with Crippen LogP contribution in [0.25, 0.3) is 0 Å². The standard InChI is InChI=1S/C33H40N2O9/c1-22-29(32(36)40-3)31(25-8-7-9-26(20-25)35(38)39)30(23(2)34-22)33(37)43-19-18-42-28-14-12-24(13-15-28)16-17-41-21-44-27-10-5-4-6-11-27/h7-9,12-15,20,27,31,34H,4-6,10-11,16-19,21H2,1-3H3. The van der Waals surface area contributed by atoms with Gasteiger partial charge in [-0.3, -0.25) is 10.1 Å². The van der Waals surface area contributed by atoms with E-state index < -0.39 is 22.8 Å². The van der Waals surface area contributed by atoms with E-state index in [0.717, 1.165) is 24.8 Å². The highest BCUT2D eigenvalue weighted by atomic mass is 16.7. The van der Waals surface area contributed by atoms with Crippen LogP contribution in [0.3, 0.4) is 0 Å². The van der Waals surface area contributed by atoms with E-state index in [0.29, 0.717) is 42.2 Å². The zero-order valence-electron chi connectivity index (χ0n) is 25.5. The number of nitro benzene ring substituents is 1. The Balaban J connectivity index is 1.30. The third kappa shape index (κ3) is 8.67. The number of ether oxygens (including phenoxy) is 5. The van der Waals surface area contributed by atoms with Crippen molar-refractivity contribution in [3.05, 3.63) is 92.3 Å². The summed E-state index contributed by atoms with van der Waals surface area (Å²) in [7, 11) is 1.24. The predicted molar refractivity (Wildman–Crippen MR) is 162 cm³/mol. The molecule has 0 amide bonds. The lowest BCUT2D eigenvalue weighted by Crippen LogP contribution is -2.32. The summed E-state index contributed by atoms with van der Waals surface area (Å²) in [5, 5.41) is 14.5. The highest BCUT2D eigenvalue weighted by Gasteiger charge is 2.38. The van der Waals surface area contributed by atoms with Crippen LogP contribution < -0.4 is 10.1 Å². The Kier molecular flexibility index (Phi) is 11.9. The number of allylic oxidation sites excluding steroid dienone is 2. The third-order valence-electron chi connectivity index (χ3n) is 7.78. The van der Waals surface area contributed by atoms with E-state index in [1.165, 1.54) is 44.6 Å². The van der Waals surface area contributed by atoms with Gasteiger partial charge in [0.25, 0.3) is 5.69 Å².